The Morgan fingerprint density at radius 3 is 2.36 bits per heavy atom. The molecule has 120 valence electrons. The van der Waals surface area contributed by atoms with Gasteiger partial charge in [-0.15, -0.1) is 0 Å². The Hall–Kier alpha value is -2.32. The standard InChI is InChI=1S/C13H19N5O4/c14-11(21)18-5-8(6-18)15-9(19)7-1-3-13(4-2-7)10(20)16-12(22)17-13/h7-8H,1-6H2,(H2,14,21)(H,15,19)(H2,16,17,20,22). The van der Waals surface area contributed by atoms with E-state index in [2.05, 4.69) is 16.0 Å². The highest BCUT2D eigenvalue weighted by atomic mass is 16.2. The maximum Gasteiger partial charge on any atom is 0.322 e. The fourth-order valence-electron chi connectivity index (χ4n) is 3.32. The second kappa shape index (κ2) is 5.15. The van der Waals surface area contributed by atoms with Gasteiger partial charge in [0.1, 0.15) is 5.54 Å². The molecule has 0 aromatic heterocycles. The van der Waals surface area contributed by atoms with Gasteiger partial charge < -0.3 is 21.3 Å². The first kappa shape index (κ1) is 14.6. The first-order chi connectivity index (χ1) is 10.4. The number of urea groups is 2. The summed E-state index contributed by atoms with van der Waals surface area (Å²) in [6.45, 7) is 0.881. The average Bonchev–Trinajstić information content (AvgIpc) is 2.68. The van der Waals surface area contributed by atoms with Gasteiger partial charge in [0.05, 0.1) is 6.04 Å². The highest BCUT2D eigenvalue weighted by Gasteiger charge is 2.49. The molecule has 9 heteroatoms. The first-order valence-corrected chi connectivity index (χ1v) is 7.38. The molecule has 1 aliphatic carbocycles. The molecule has 2 aliphatic heterocycles. The van der Waals surface area contributed by atoms with E-state index >= 15 is 0 Å². The van der Waals surface area contributed by atoms with E-state index in [9.17, 15) is 19.2 Å². The number of imide groups is 1. The number of likely N-dealkylation sites (tertiary alicyclic amines) is 1. The number of hydrogen-bond acceptors (Lipinski definition) is 4. The third-order valence-corrected chi connectivity index (χ3v) is 4.76. The second-order valence-corrected chi connectivity index (χ2v) is 6.21. The fraction of sp³-hybridized carbons (Fsp3) is 0.692. The number of nitrogens with two attached hydrogens (primary N) is 1. The van der Waals surface area contributed by atoms with Crippen molar-refractivity contribution >= 4 is 23.9 Å². The van der Waals surface area contributed by atoms with E-state index in [1.165, 1.54) is 4.90 Å². The van der Waals surface area contributed by atoms with Crippen LogP contribution < -0.4 is 21.7 Å². The Kier molecular flexibility index (Phi) is 3.42. The average molecular weight is 309 g/mol. The van der Waals surface area contributed by atoms with Crippen molar-refractivity contribution in [2.45, 2.75) is 37.3 Å². The molecule has 0 radical (unpaired) electrons. The highest BCUT2D eigenvalue weighted by Crippen LogP contribution is 2.34. The highest BCUT2D eigenvalue weighted by molar-refractivity contribution is 6.07. The smallest absolute Gasteiger partial charge is 0.322 e. The lowest BCUT2D eigenvalue weighted by atomic mass is 9.76. The largest absolute Gasteiger partial charge is 0.351 e. The molecule has 9 nitrogen and oxygen atoms in total. The van der Waals surface area contributed by atoms with Crippen molar-refractivity contribution in [1.82, 2.24) is 20.9 Å². The van der Waals surface area contributed by atoms with Gasteiger partial charge in [-0.1, -0.05) is 0 Å². The number of carbonyl (C=O) groups is 4. The Labute approximate surface area is 126 Å². The maximum atomic E-state index is 12.2. The third kappa shape index (κ3) is 2.46. The number of amides is 6. The molecule has 5 N–H and O–H groups in total. The topological polar surface area (TPSA) is 134 Å². The van der Waals surface area contributed by atoms with Gasteiger partial charge in [-0.2, -0.15) is 0 Å². The Balaban J connectivity index is 1.48. The molecule has 22 heavy (non-hydrogen) atoms. The minimum Gasteiger partial charge on any atom is -0.351 e. The second-order valence-electron chi connectivity index (χ2n) is 6.21. The summed E-state index contributed by atoms with van der Waals surface area (Å²) in [5.74, 6) is -0.528. The van der Waals surface area contributed by atoms with Crippen LogP contribution in [-0.2, 0) is 9.59 Å². The minimum atomic E-state index is -0.840. The summed E-state index contributed by atoms with van der Waals surface area (Å²) in [7, 11) is 0. The van der Waals surface area contributed by atoms with Crippen LogP contribution in [0.3, 0.4) is 0 Å². The molecule has 2 saturated heterocycles. The molecule has 0 bridgehead atoms. The summed E-state index contributed by atoms with van der Waals surface area (Å²) in [4.78, 5) is 47.6. The number of primary amides is 1. The summed E-state index contributed by atoms with van der Waals surface area (Å²) in [6.07, 6.45) is 2.01. The van der Waals surface area contributed by atoms with Crippen LogP contribution in [0.2, 0.25) is 0 Å². The number of hydrogen-bond donors (Lipinski definition) is 4. The van der Waals surface area contributed by atoms with Crippen LogP contribution in [0.25, 0.3) is 0 Å². The third-order valence-electron chi connectivity index (χ3n) is 4.76. The van der Waals surface area contributed by atoms with Crippen molar-refractivity contribution in [1.29, 1.82) is 0 Å². The molecule has 0 unspecified atom stereocenters. The van der Waals surface area contributed by atoms with E-state index in [-0.39, 0.29) is 23.8 Å². The van der Waals surface area contributed by atoms with Crippen molar-refractivity contribution < 1.29 is 19.2 Å². The maximum absolute atomic E-state index is 12.2. The zero-order valence-corrected chi connectivity index (χ0v) is 12.1. The molecular weight excluding hydrogens is 290 g/mol. The van der Waals surface area contributed by atoms with Crippen LogP contribution in [-0.4, -0.2) is 53.4 Å². The molecular formula is C13H19N5O4. The monoisotopic (exact) mass is 309 g/mol. The van der Waals surface area contributed by atoms with Crippen LogP contribution in [0.5, 0.6) is 0 Å². The summed E-state index contributed by atoms with van der Waals surface area (Å²) < 4.78 is 0. The lowest BCUT2D eigenvalue weighted by Crippen LogP contribution is -2.63. The first-order valence-electron chi connectivity index (χ1n) is 7.38. The van der Waals surface area contributed by atoms with Crippen molar-refractivity contribution in [2.24, 2.45) is 11.7 Å². The molecule has 2 heterocycles. The summed E-state index contributed by atoms with van der Waals surface area (Å²) in [5.41, 5.74) is 4.29. The number of nitrogens with zero attached hydrogens (tertiary/aromatic N) is 1. The van der Waals surface area contributed by atoms with Crippen molar-refractivity contribution in [3.63, 3.8) is 0 Å². The Bertz CT molecular complexity index is 535. The van der Waals surface area contributed by atoms with Crippen LogP contribution in [0.1, 0.15) is 25.7 Å². The molecule has 0 atom stereocenters. The van der Waals surface area contributed by atoms with Crippen molar-refractivity contribution in [2.75, 3.05) is 13.1 Å². The molecule has 6 amide bonds. The quantitative estimate of drug-likeness (QED) is 0.468. The van der Waals surface area contributed by atoms with Crippen LogP contribution in [0.4, 0.5) is 9.59 Å². The van der Waals surface area contributed by atoms with Gasteiger partial charge in [0.25, 0.3) is 5.91 Å². The summed E-state index contributed by atoms with van der Waals surface area (Å²) in [6, 6.07) is -0.993. The molecule has 1 saturated carbocycles. The summed E-state index contributed by atoms with van der Waals surface area (Å²) in [5, 5.41) is 7.81. The van der Waals surface area contributed by atoms with Gasteiger partial charge >= 0.3 is 12.1 Å². The van der Waals surface area contributed by atoms with Crippen LogP contribution in [0, 0.1) is 5.92 Å². The van der Waals surface area contributed by atoms with Gasteiger partial charge in [-0.05, 0) is 25.7 Å². The van der Waals surface area contributed by atoms with Gasteiger partial charge in [0, 0.05) is 19.0 Å². The van der Waals surface area contributed by atoms with E-state index < -0.39 is 17.6 Å². The SMILES string of the molecule is NC(=O)N1CC(NC(=O)C2CCC3(CC2)NC(=O)NC3=O)C1. The van der Waals surface area contributed by atoms with Gasteiger partial charge in [0.2, 0.25) is 5.91 Å². The molecule has 1 spiro atoms. The lowest BCUT2D eigenvalue weighted by molar-refractivity contribution is -0.131. The van der Waals surface area contributed by atoms with E-state index in [1.807, 2.05) is 0 Å². The Morgan fingerprint density at radius 1 is 1.23 bits per heavy atom. The van der Waals surface area contributed by atoms with E-state index in [0.717, 1.165) is 0 Å². The predicted molar refractivity (Wildman–Crippen MR) is 74.5 cm³/mol. The number of carbonyl (C=O) groups excluding carboxylic acids is 4. The van der Waals surface area contributed by atoms with Crippen molar-refractivity contribution in [3.8, 4) is 0 Å². The normalized spacial score (nSPS) is 31.5. The fourth-order valence-corrected chi connectivity index (χ4v) is 3.32. The Morgan fingerprint density at radius 2 is 1.86 bits per heavy atom. The molecule has 3 aliphatic rings. The van der Waals surface area contributed by atoms with E-state index in [0.29, 0.717) is 38.8 Å². The van der Waals surface area contributed by atoms with Gasteiger partial charge in [-0.25, -0.2) is 9.59 Å². The van der Waals surface area contributed by atoms with Crippen LogP contribution >= 0.6 is 0 Å². The zero-order chi connectivity index (χ0) is 15.9. The van der Waals surface area contributed by atoms with Crippen LogP contribution in [0.15, 0.2) is 0 Å². The summed E-state index contributed by atoms with van der Waals surface area (Å²) >= 11 is 0. The zero-order valence-electron chi connectivity index (χ0n) is 12.1. The molecule has 0 aromatic carbocycles. The van der Waals surface area contributed by atoms with E-state index in [1.54, 1.807) is 0 Å². The van der Waals surface area contributed by atoms with Gasteiger partial charge in [-0.3, -0.25) is 14.9 Å². The van der Waals surface area contributed by atoms with E-state index in [4.69, 9.17) is 5.73 Å². The van der Waals surface area contributed by atoms with Crippen molar-refractivity contribution in [3.05, 3.63) is 0 Å². The molecule has 3 rings (SSSR count). The molecule has 3 fully saturated rings. The van der Waals surface area contributed by atoms with Gasteiger partial charge in [0.15, 0.2) is 0 Å². The minimum absolute atomic E-state index is 0.0506. The number of nitrogens with one attached hydrogen (secondary N) is 3. The molecule has 0 aromatic rings. The number of rotatable bonds is 2. The lowest BCUT2D eigenvalue weighted by Gasteiger charge is -2.40. The predicted octanol–water partition coefficient (Wildman–Crippen LogP) is -1.37.